The van der Waals surface area contributed by atoms with Gasteiger partial charge in [-0.05, 0) is 26.2 Å². The highest BCUT2D eigenvalue weighted by molar-refractivity contribution is 4.88. The number of hydrogen-bond acceptors (Lipinski definition) is 4. The molecular weight excluding hydrogens is 192 g/mol. The third-order valence-electron chi connectivity index (χ3n) is 3.43. The molecule has 0 aromatic carbocycles. The highest BCUT2D eigenvalue weighted by Gasteiger charge is 2.31. The minimum Gasteiger partial charge on any atom is -0.379 e. The Kier molecular flexibility index (Phi) is 3.61. The van der Waals surface area contributed by atoms with Crippen molar-refractivity contribution in [3.63, 3.8) is 0 Å². The van der Waals surface area contributed by atoms with Gasteiger partial charge in [0, 0.05) is 25.2 Å². The lowest BCUT2D eigenvalue weighted by atomic mass is 10.0. The van der Waals surface area contributed by atoms with Crippen molar-refractivity contribution in [1.82, 2.24) is 5.32 Å². The Bertz CT molecular complexity index is 205. The molecular formula is C11H22N2O2. The molecule has 2 rings (SSSR count). The van der Waals surface area contributed by atoms with Crippen LogP contribution in [0.2, 0.25) is 0 Å². The first kappa shape index (κ1) is 11.3. The summed E-state index contributed by atoms with van der Waals surface area (Å²) in [7, 11) is 0. The summed E-state index contributed by atoms with van der Waals surface area (Å²) in [5, 5.41) is 3.55. The highest BCUT2D eigenvalue weighted by Crippen LogP contribution is 2.21. The third kappa shape index (κ3) is 2.91. The van der Waals surface area contributed by atoms with Crippen LogP contribution in [0.15, 0.2) is 0 Å². The molecule has 0 aliphatic carbocycles. The molecule has 0 radical (unpaired) electrons. The van der Waals surface area contributed by atoms with Crippen LogP contribution < -0.4 is 11.1 Å². The van der Waals surface area contributed by atoms with Crippen LogP contribution in [-0.2, 0) is 9.47 Å². The van der Waals surface area contributed by atoms with Crippen LogP contribution in [-0.4, -0.2) is 44.1 Å². The van der Waals surface area contributed by atoms with E-state index in [1.807, 2.05) is 0 Å². The van der Waals surface area contributed by atoms with Crippen molar-refractivity contribution < 1.29 is 9.47 Å². The molecule has 4 heteroatoms. The van der Waals surface area contributed by atoms with Gasteiger partial charge in [-0.25, -0.2) is 0 Å². The molecule has 2 aliphatic rings. The zero-order valence-corrected chi connectivity index (χ0v) is 9.50. The van der Waals surface area contributed by atoms with Crippen molar-refractivity contribution in [2.45, 2.75) is 43.9 Å². The fraction of sp³-hybridized carbons (Fsp3) is 1.00. The van der Waals surface area contributed by atoms with Crippen LogP contribution >= 0.6 is 0 Å². The Balaban J connectivity index is 1.70. The molecule has 3 unspecified atom stereocenters. The molecule has 2 fully saturated rings. The standard InChI is InChI=1S/C11H22N2O2/c1-11(4-5-14-8-11)13-7-10-3-2-9(6-12)15-10/h9-10,13H,2-8,12H2,1H3. The average Bonchev–Trinajstić information content (AvgIpc) is 2.84. The summed E-state index contributed by atoms with van der Waals surface area (Å²) in [5.41, 5.74) is 5.73. The van der Waals surface area contributed by atoms with E-state index in [4.69, 9.17) is 15.2 Å². The molecule has 0 aromatic heterocycles. The van der Waals surface area contributed by atoms with Crippen molar-refractivity contribution in [2.75, 3.05) is 26.3 Å². The van der Waals surface area contributed by atoms with Gasteiger partial charge in [0.05, 0.1) is 18.8 Å². The number of rotatable bonds is 4. The largest absolute Gasteiger partial charge is 0.379 e. The summed E-state index contributed by atoms with van der Waals surface area (Å²) in [4.78, 5) is 0. The topological polar surface area (TPSA) is 56.5 Å². The van der Waals surface area contributed by atoms with Gasteiger partial charge in [-0.1, -0.05) is 0 Å². The number of ether oxygens (including phenoxy) is 2. The lowest BCUT2D eigenvalue weighted by molar-refractivity contribution is 0.0449. The minimum absolute atomic E-state index is 0.157. The van der Waals surface area contributed by atoms with Gasteiger partial charge >= 0.3 is 0 Å². The van der Waals surface area contributed by atoms with Crippen molar-refractivity contribution >= 4 is 0 Å². The van der Waals surface area contributed by atoms with Crippen LogP contribution in [0, 0.1) is 0 Å². The maximum Gasteiger partial charge on any atom is 0.0705 e. The van der Waals surface area contributed by atoms with Crippen LogP contribution in [0.4, 0.5) is 0 Å². The second kappa shape index (κ2) is 4.78. The highest BCUT2D eigenvalue weighted by atomic mass is 16.5. The first-order chi connectivity index (χ1) is 7.22. The maximum atomic E-state index is 5.79. The van der Waals surface area contributed by atoms with Gasteiger partial charge < -0.3 is 20.5 Å². The first-order valence-corrected chi connectivity index (χ1v) is 5.90. The third-order valence-corrected chi connectivity index (χ3v) is 3.43. The summed E-state index contributed by atoms with van der Waals surface area (Å²) in [6.45, 7) is 5.49. The van der Waals surface area contributed by atoms with E-state index in [-0.39, 0.29) is 11.6 Å². The molecule has 15 heavy (non-hydrogen) atoms. The monoisotopic (exact) mass is 214 g/mol. The normalized spacial score (nSPS) is 41.2. The van der Waals surface area contributed by atoms with Gasteiger partial charge in [0.1, 0.15) is 0 Å². The summed E-state index contributed by atoms with van der Waals surface area (Å²) < 4.78 is 11.2. The Labute approximate surface area is 91.5 Å². The quantitative estimate of drug-likeness (QED) is 0.705. The molecule has 0 amide bonds. The van der Waals surface area contributed by atoms with E-state index in [1.165, 1.54) is 0 Å². The number of nitrogens with two attached hydrogens (primary N) is 1. The fourth-order valence-electron chi connectivity index (χ4n) is 2.27. The predicted molar refractivity (Wildman–Crippen MR) is 58.8 cm³/mol. The molecule has 0 saturated carbocycles. The van der Waals surface area contributed by atoms with Gasteiger partial charge in [-0.15, -0.1) is 0 Å². The van der Waals surface area contributed by atoms with Gasteiger partial charge in [-0.3, -0.25) is 0 Å². The molecule has 2 heterocycles. The van der Waals surface area contributed by atoms with E-state index < -0.39 is 0 Å². The molecule has 0 bridgehead atoms. The first-order valence-electron chi connectivity index (χ1n) is 5.90. The van der Waals surface area contributed by atoms with E-state index in [0.29, 0.717) is 12.6 Å². The molecule has 3 N–H and O–H groups in total. The summed E-state index contributed by atoms with van der Waals surface area (Å²) in [6.07, 6.45) is 3.96. The maximum absolute atomic E-state index is 5.79. The molecule has 0 aromatic rings. The smallest absolute Gasteiger partial charge is 0.0705 e. The van der Waals surface area contributed by atoms with Crippen LogP contribution in [0.5, 0.6) is 0 Å². The molecule has 2 saturated heterocycles. The predicted octanol–water partition coefficient (Wildman–Crippen LogP) is 0.261. The lowest BCUT2D eigenvalue weighted by Gasteiger charge is -2.25. The van der Waals surface area contributed by atoms with Crippen molar-refractivity contribution in [3.05, 3.63) is 0 Å². The summed E-state index contributed by atoms with van der Waals surface area (Å²) in [6, 6.07) is 0. The zero-order valence-electron chi connectivity index (χ0n) is 9.50. The van der Waals surface area contributed by atoms with Gasteiger partial charge in [-0.2, -0.15) is 0 Å². The van der Waals surface area contributed by atoms with Crippen LogP contribution in [0.3, 0.4) is 0 Å². The summed E-state index contributed by atoms with van der Waals surface area (Å²) >= 11 is 0. The molecule has 3 atom stereocenters. The van der Waals surface area contributed by atoms with Crippen LogP contribution in [0.1, 0.15) is 26.2 Å². The average molecular weight is 214 g/mol. The van der Waals surface area contributed by atoms with Crippen LogP contribution in [0.25, 0.3) is 0 Å². The molecule has 88 valence electrons. The van der Waals surface area contributed by atoms with E-state index in [1.54, 1.807) is 0 Å². The second-order valence-corrected chi connectivity index (χ2v) is 4.94. The van der Waals surface area contributed by atoms with E-state index in [0.717, 1.165) is 39.0 Å². The Morgan fingerprint density at radius 2 is 2.20 bits per heavy atom. The van der Waals surface area contributed by atoms with Gasteiger partial charge in [0.15, 0.2) is 0 Å². The van der Waals surface area contributed by atoms with E-state index in [2.05, 4.69) is 12.2 Å². The Morgan fingerprint density at radius 1 is 1.40 bits per heavy atom. The second-order valence-electron chi connectivity index (χ2n) is 4.94. The molecule has 2 aliphatic heterocycles. The van der Waals surface area contributed by atoms with Gasteiger partial charge in [0.2, 0.25) is 0 Å². The van der Waals surface area contributed by atoms with Gasteiger partial charge in [0.25, 0.3) is 0 Å². The zero-order chi connectivity index (χ0) is 10.7. The number of nitrogens with one attached hydrogen (secondary N) is 1. The Morgan fingerprint density at radius 3 is 2.80 bits per heavy atom. The minimum atomic E-state index is 0.157. The summed E-state index contributed by atoms with van der Waals surface area (Å²) in [5.74, 6) is 0. The van der Waals surface area contributed by atoms with E-state index >= 15 is 0 Å². The SMILES string of the molecule is CC1(NCC2CCC(CN)O2)CCOC1. The van der Waals surface area contributed by atoms with E-state index in [9.17, 15) is 0 Å². The molecule has 4 nitrogen and oxygen atoms in total. The Hall–Kier alpha value is -0.160. The van der Waals surface area contributed by atoms with Crippen molar-refractivity contribution in [2.24, 2.45) is 5.73 Å². The van der Waals surface area contributed by atoms with Crippen molar-refractivity contribution in [1.29, 1.82) is 0 Å². The lowest BCUT2D eigenvalue weighted by Crippen LogP contribution is -2.46. The fourth-order valence-corrected chi connectivity index (χ4v) is 2.27. The molecule has 0 spiro atoms. The number of hydrogen-bond donors (Lipinski definition) is 2. The van der Waals surface area contributed by atoms with Crippen molar-refractivity contribution in [3.8, 4) is 0 Å².